The molecule has 2 aliphatic heterocycles. The van der Waals surface area contributed by atoms with Crippen molar-refractivity contribution in [2.45, 2.75) is 6.42 Å². The summed E-state index contributed by atoms with van der Waals surface area (Å²) in [4.78, 5) is 52.9. The number of hydrogen-bond donors (Lipinski definition) is 2. The first-order valence-electron chi connectivity index (χ1n) is 11.4. The molecule has 6 rings (SSSR count). The van der Waals surface area contributed by atoms with Crippen LogP contribution in [0.15, 0.2) is 84.9 Å². The molecule has 0 fully saturated rings. The molecular formula is C29H18N2O6. The van der Waals surface area contributed by atoms with E-state index in [2.05, 4.69) is 0 Å². The normalized spacial score (nSPS) is 14.4. The number of rotatable bonds is 4. The van der Waals surface area contributed by atoms with Gasteiger partial charge in [0, 0.05) is 0 Å². The molecule has 8 heteroatoms. The first-order chi connectivity index (χ1) is 17.8. The minimum Gasteiger partial charge on any atom is -0.506 e. The van der Waals surface area contributed by atoms with E-state index in [-0.39, 0.29) is 45.1 Å². The Morgan fingerprint density at radius 2 is 0.811 bits per heavy atom. The van der Waals surface area contributed by atoms with Gasteiger partial charge in [-0.2, -0.15) is 0 Å². The Kier molecular flexibility index (Phi) is 4.91. The number of carbonyl (C=O) groups excluding carboxylic acids is 4. The van der Waals surface area contributed by atoms with Crippen molar-refractivity contribution in [2.24, 2.45) is 0 Å². The number of carbonyl (C=O) groups is 4. The van der Waals surface area contributed by atoms with E-state index in [1.807, 2.05) is 0 Å². The zero-order chi connectivity index (χ0) is 25.8. The number of phenols is 2. The van der Waals surface area contributed by atoms with E-state index in [1.54, 1.807) is 60.7 Å². The van der Waals surface area contributed by atoms with Crippen LogP contribution in [0.4, 0.5) is 11.4 Å². The monoisotopic (exact) mass is 490 g/mol. The van der Waals surface area contributed by atoms with Gasteiger partial charge in [0.25, 0.3) is 23.6 Å². The molecule has 0 saturated heterocycles. The quantitative estimate of drug-likeness (QED) is 0.413. The molecule has 8 nitrogen and oxygen atoms in total. The van der Waals surface area contributed by atoms with Gasteiger partial charge < -0.3 is 10.2 Å². The summed E-state index contributed by atoms with van der Waals surface area (Å²) >= 11 is 0. The number of fused-ring (bicyclic) bond motifs is 2. The summed E-state index contributed by atoms with van der Waals surface area (Å²) in [6.07, 6.45) is 0.298. The third kappa shape index (κ3) is 3.38. The summed E-state index contributed by atoms with van der Waals surface area (Å²) in [5, 5.41) is 21.3. The first-order valence-corrected chi connectivity index (χ1v) is 11.4. The molecule has 0 saturated carbocycles. The molecule has 0 aromatic heterocycles. The van der Waals surface area contributed by atoms with Crippen LogP contribution in [0.25, 0.3) is 0 Å². The molecule has 2 heterocycles. The predicted molar refractivity (Wildman–Crippen MR) is 134 cm³/mol. The molecule has 2 aliphatic rings. The van der Waals surface area contributed by atoms with Gasteiger partial charge in [0.15, 0.2) is 0 Å². The second-order valence-corrected chi connectivity index (χ2v) is 8.81. The molecule has 4 amide bonds. The number of aromatic hydroxyl groups is 2. The van der Waals surface area contributed by atoms with Crippen LogP contribution in [0.2, 0.25) is 0 Å². The largest absolute Gasteiger partial charge is 0.506 e. The first kappa shape index (κ1) is 22.2. The van der Waals surface area contributed by atoms with E-state index in [1.165, 1.54) is 24.3 Å². The van der Waals surface area contributed by atoms with Gasteiger partial charge in [0.2, 0.25) is 0 Å². The van der Waals surface area contributed by atoms with E-state index in [9.17, 15) is 29.4 Å². The topological polar surface area (TPSA) is 115 Å². The lowest BCUT2D eigenvalue weighted by atomic mass is 10.0. The van der Waals surface area contributed by atoms with Crippen molar-refractivity contribution in [3.05, 3.63) is 118 Å². The summed E-state index contributed by atoms with van der Waals surface area (Å²) < 4.78 is 0. The van der Waals surface area contributed by atoms with Gasteiger partial charge in [-0.15, -0.1) is 0 Å². The third-order valence-electron chi connectivity index (χ3n) is 6.56. The van der Waals surface area contributed by atoms with Crippen molar-refractivity contribution in [2.75, 3.05) is 9.80 Å². The van der Waals surface area contributed by atoms with Crippen molar-refractivity contribution >= 4 is 35.0 Å². The Morgan fingerprint density at radius 1 is 0.486 bits per heavy atom. The fourth-order valence-electron chi connectivity index (χ4n) is 4.79. The van der Waals surface area contributed by atoms with Crippen LogP contribution in [-0.2, 0) is 6.42 Å². The van der Waals surface area contributed by atoms with Crippen LogP contribution in [0.1, 0.15) is 52.6 Å². The fraction of sp³-hybridized carbons (Fsp3) is 0.0345. The molecule has 4 aromatic carbocycles. The van der Waals surface area contributed by atoms with E-state index < -0.39 is 23.6 Å². The molecule has 4 aromatic rings. The average Bonchev–Trinajstić information content (AvgIpc) is 3.30. The smallest absolute Gasteiger partial charge is 0.266 e. The molecule has 0 aliphatic carbocycles. The van der Waals surface area contributed by atoms with E-state index in [4.69, 9.17) is 0 Å². The minimum atomic E-state index is -0.502. The highest BCUT2D eigenvalue weighted by atomic mass is 16.3. The number of imide groups is 2. The maximum Gasteiger partial charge on any atom is 0.266 e. The highest BCUT2D eigenvalue weighted by molar-refractivity contribution is 6.35. The average molecular weight is 490 g/mol. The zero-order valence-corrected chi connectivity index (χ0v) is 19.2. The van der Waals surface area contributed by atoms with Crippen LogP contribution in [0, 0.1) is 0 Å². The molecular weight excluding hydrogens is 472 g/mol. The van der Waals surface area contributed by atoms with Crippen molar-refractivity contribution in [3.8, 4) is 11.5 Å². The number of nitrogens with zero attached hydrogens (tertiary/aromatic N) is 2. The van der Waals surface area contributed by atoms with Crippen molar-refractivity contribution < 1.29 is 29.4 Å². The second-order valence-electron chi connectivity index (χ2n) is 8.81. The fourth-order valence-corrected chi connectivity index (χ4v) is 4.79. The Morgan fingerprint density at radius 3 is 1.11 bits per heavy atom. The van der Waals surface area contributed by atoms with Crippen molar-refractivity contribution in [3.63, 3.8) is 0 Å². The Hall–Kier alpha value is -5.24. The van der Waals surface area contributed by atoms with Gasteiger partial charge in [-0.3, -0.25) is 19.2 Å². The maximum absolute atomic E-state index is 12.7. The van der Waals surface area contributed by atoms with Gasteiger partial charge in [0.1, 0.15) is 11.5 Å². The molecule has 0 spiro atoms. The van der Waals surface area contributed by atoms with Crippen LogP contribution in [-0.4, -0.2) is 33.8 Å². The van der Waals surface area contributed by atoms with E-state index in [0.29, 0.717) is 17.5 Å². The van der Waals surface area contributed by atoms with E-state index >= 15 is 0 Å². The number of phenolic OH excluding ortho intramolecular Hbond substituents is 2. The lowest BCUT2D eigenvalue weighted by molar-refractivity contribution is 0.0909. The molecule has 0 bridgehead atoms. The van der Waals surface area contributed by atoms with Crippen LogP contribution in [0.3, 0.4) is 0 Å². The Labute approximate surface area is 210 Å². The summed E-state index contributed by atoms with van der Waals surface area (Å²) in [6, 6.07) is 22.2. The lowest BCUT2D eigenvalue weighted by Gasteiger charge is -2.17. The van der Waals surface area contributed by atoms with Crippen LogP contribution in [0.5, 0.6) is 11.5 Å². The van der Waals surface area contributed by atoms with Crippen molar-refractivity contribution in [1.29, 1.82) is 0 Å². The Balaban J connectivity index is 1.24. The zero-order valence-electron chi connectivity index (χ0n) is 19.2. The van der Waals surface area contributed by atoms with Crippen LogP contribution < -0.4 is 9.80 Å². The second kappa shape index (κ2) is 8.17. The molecule has 180 valence electrons. The number of benzene rings is 4. The molecule has 2 N–H and O–H groups in total. The van der Waals surface area contributed by atoms with Gasteiger partial charge in [-0.05, 0) is 66.1 Å². The van der Waals surface area contributed by atoms with Gasteiger partial charge in [-0.25, -0.2) is 9.80 Å². The molecule has 0 unspecified atom stereocenters. The highest BCUT2D eigenvalue weighted by Gasteiger charge is 2.38. The highest BCUT2D eigenvalue weighted by Crippen LogP contribution is 2.37. The van der Waals surface area contributed by atoms with Crippen molar-refractivity contribution in [1.82, 2.24) is 0 Å². The maximum atomic E-state index is 12.7. The van der Waals surface area contributed by atoms with Gasteiger partial charge in [0.05, 0.1) is 33.6 Å². The number of hydrogen-bond acceptors (Lipinski definition) is 6. The molecule has 37 heavy (non-hydrogen) atoms. The summed E-state index contributed by atoms with van der Waals surface area (Å²) in [6.45, 7) is 0. The predicted octanol–water partition coefficient (Wildman–Crippen LogP) is 4.29. The minimum absolute atomic E-state index is 0.0822. The van der Waals surface area contributed by atoms with Crippen LogP contribution >= 0.6 is 0 Å². The summed E-state index contributed by atoms with van der Waals surface area (Å²) in [5.41, 5.74) is 2.61. The van der Waals surface area contributed by atoms with Gasteiger partial charge in [-0.1, -0.05) is 36.4 Å². The third-order valence-corrected chi connectivity index (χ3v) is 6.56. The molecule has 0 atom stereocenters. The molecule has 0 radical (unpaired) electrons. The van der Waals surface area contributed by atoms with Gasteiger partial charge >= 0.3 is 0 Å². The summed E-state index contributed by atoms with van der Waals surface area (Å²) in [7, 11) is 0. The summed E-state index contributed by atoms with van der Waals surface area (Å²) in [5.74, 6) is -2.48. The Bertz CT molecular complexity index is 1480. The SMILES string of the molecule is O=C1c2ccccc2C(=O)N1c1ccc(Cc2ccc(N3C(=O)c4ccccc4C3=O)c(O)c2)cc1O. The number of amides is 4. The number of anilines is 2. The van der Waals surface area contributed by atoms with E-state index in [0.717, 1.165) is 9.80 Å². The standard InChI is InChI=1S/C29H18N2O6/c32-24-14-16(9-11-22(24)30-26(34)18-5-1-2-6-19(18)27(30)35)13-17-10-12-23(25(33)15-17)31-28(36)20-7-3-4-8-21(20)29(31)37/h1-12,14-15,32-33H,13H2. The lowest BCUT2D eigenvalue weighted by Crippen LogP contribution is -2.29.